The number of nitrogens with one attached hydrogen (secondary N) is 1. The van der Waals surface area contributed by atoms with Crippen LogP contribution >= 0.6 is 0 Å². The minimum absolute atomic E-state index is 0.0509. The Labute approximate surface area is 189 Å². The summed E-state index contributed by atoms with van der Waals surface area (Å²) >= 11 is 0. The van der Waals surface area contributed by atoms with Crippen molar-refractivity contribution in [3.63, 3.8) is 0 Å². The molecular weight excluding hydrogens is 411 g/mol. The molecule has 3 heterocycles. The van der Waals surface area contributed by atoms with Crippen LogP contribution in [0.15, 0.2) is 24.3 Å². The van der Waals surface area contributed by atoms with Crippen molar-refractivity contribution in [3.05, 3.63) is 35.6 Å². The van der Waals surface area contributed by atoms with Crippen molar-refractivity contribution in [2.45, 2.75) is 62.8 Å². The number of hydrogen-bond donors (Lipinski definition) is 1. The number of carbonyl (C=O) groups excluding carboxylic acids is 2. The number of halogens is 1. The minimum Gasteiger partial charge on any atom is -0.383 e. The van der Waals surface area contributed by atoms with Crippen LogP contribution in [0, 0.1) is 5.82 Å². The number of ether oxygens (including phenoxy) is 1. The first-order valence-electron chi connectivity index (χ1n) is 11.7. The molecule has 176 valence electrons. The zero-order chi connectivity index (χ0) is 22.7. The number of amides is 2. The van der Waals surface area contributed by atoms with Gasteiger partial charge in [-0.05, 0) is 50.4 Å². The van der Waals surface area contributed by atoms with Crippen LogP contribution in [0.4, 0.5) is 4.39 Å². The van der Waals surface area contributed by atoms with Crippen molar-refractivity contribution in [2.75, 3.05) is 40.4 Å². The Kier molecular flexibility index (Phi) is 7.43. The second kappa shape index (κ2) is 10.3. The normalized spacial score (nSPS) is 29.1. The molecule has 0 saturated carbocycles. The zero-order valence-electron chi connectivity index (χ0n) is 19.1. The van der Waals surface area contributed by atoms with Crippen LogP contribution in [-0.2, 0) is 20.9 Å². The number of nitrogens with zero attached hydrogens (tertiary/aromatic N) is 3. The second-order valence-corrected chi connectivity index (χ2v) is 9.34. The Hall–Kier alpha value is -2.03. The van der Waals surface area contributed by atoms with Crippen LogP contribution < -0.4 is 5.32 Å². The number of methoxy groups -OCH3 is 1. The third-order valence-electron chi connectivity index (χ3n) is 7.40. The standard InChI is InChI=1S/C24H35FN4O3/c1-27-19(9-10-22(30)29-12-3-4-20(29)16-32-2)14-26-24(31)23-21(27)11-13-28(23)15-17-5-7-18(25)8-6-17/h5-8,19-21,23H,3-4,9-16H2,1-2H3,(H,26,31). The average molecular weight is 447 g/mol. The average Bonchev–Trinajstić information content (AvgIpc) is 3.39. The number of fused-ring (bicyclic) bond motifs is 1. The SMILES string of the molecule is COCC1CCCN1C(=O)CCC1CNC(=O)C2C(CCN2Cc2ccc(F)cc2)N1C. The molecule has 1 N–H and O–H groups in total. The third kappa shape index (κ3) is 4.97. The van der Waals surface area contributed by atoms with E-state index in [4.69, 9.17) is 4.74 Å². The summed E-state index contributed by atoms with van der Waals surface area (Å²) in [6.07, 6.45) is 4.16. The number of benzene rings is 1. The fourth-order valence-corrected chi connectivity index (χ4v) is 5.61. The first-order valence-corrected chi connectivity index (χ1v) is 11.7. The molecule has 2 amide bonds. The Morgan fingerprint density at radius 1 is 1.19 bits per heavy atom. The van der Waals surface area contributed by atoms with Crippen molar-refractivity contribution >= 4 is 11.8 Å². The van der Waals surface area contributed by atoms with Gasteiger partial charge in [-0.15, -0.1) is 0 Å². The highest BCUT2D eigenvalue weighted by molar-refractivity contribution is 5.83. The fraction of sp³-hybridized carbons (Fsp3) is 0.667. The van der Waals surface area contributed by atoms with E-state index in [-0.39, 0.29) is 41.8 Å². The van der Waals surface area contributed by atoms with Gasteiger partial charge in [0.15, 0.2) is 0 Å². The maximum atomic E-state index is 13.2. The van der Waals surface area contributed by atoms with Crippen LogP contribution in [0.1, 0.15) is 37.7 Å². The number of carbonyl (C=O) groups is 2. The van der Waals surface area contributed by atoms with Crippen molar-refractivity contribution in [2.24, 2.45) is 0 Å². The monoisotopic (exact) mass is 446 g/mol. The van der Waals surface area contributed by atoms with Crippen molar-refractivity contribution in [1.82, 2.24) is 20.0 Å². The van der Waals surface area contributed by atoms with Crippen LogP contribution in [0.3, 0.4) is 0 Å². The van der Waals surface area contributed by atoms with Gasteiger partial charge in [0, 0.05) is 51.8 Å². The summed E-state index contributed by atoms with van der Waals surface area (Å²) in [7, 11) is 3.76. The van der Waals surface area contributed by atoms with E-state index < -0.39 is 0 Å². The third-order valence-corrected chi connectivity index (χ3v) is 7.40. The molecule has 0 aliphatic carbocycles. The van der Waals surface area contributed by atoms with E-state index in [1.54, 1.807) is 19.2 Å². The topological polar surface area (TPSA) is 65.1 Å². The highest BCUT2D eigenvalue weighted by Gasteiger charge is 2.45. The van der Waals surface area contributed by atoms with Crippen LogP contribution in [0.5, 0.6) is 0 Å². The summed E-state index contributed by atoms with van der Waals surface area (Å²) in [5, 5.41) is 3.12. The molecule has 1 aromatic carbocycles. The molecule has 32 heavy (non-hydrogen) atoms. The number of likely N-dealkylation sites (N-methyl/N-ethyl adjacent to an activating group) is 1. The number of rotatable bonds is 7. The first kappa shape index (κ1) is 23.1. The van der Waals surface area contributed by atoms with E-state index in [0.29, 0.717) is 26.1 Å². The lowest BCUT2D eigenvalue weighted by Gasteiger charge is -2.33. The summed E-state index contributed by atoms with van der Waals surface area (Å²) in [4.78, 5) is 32.3. The van der Waals surface area contributed by atoms with Gasteiger partial charge in [-0.3, -0.25) is 19.4 Å². The van der Waals surface area contributed by atoms with Crippen molar-refractivity contribution in [3.8, 4) is 0 Å². The summed E-state index contributed by atoms with van der Waals surface area (Å²) in [6, 6.07) is 6.71. The molecule has 4 unspecified atom stereocenters. The molecule has 0 spiro atoms. The minimum atomic E-state index is -0.250. The quantitative estimate of drug-likeness (QED) is 0.690. The lowest BCUT2D eigenvalue weighted by Crippen LogP contribution is -2.49. The van der Waals surface area contributed by atoms with Gasteiger partial charge < -0.3 is 15.0 Å². The van der Waals surface area contributed by atoms with Crippen LogP contribution in [0.25, 0.3) is 0 Å². The number of likely N-dealkylation sites (tertiary alicyclic amines) is 2. The first-order chi connectivity index (χ1) is 15.5. The molecule has 4 rings (SSSR count). The molecular formula is C24H35FN4O3. The highest BCUT2D eigenvalue weighted by atomic mass is 19.1. The van der Waals surface area contributed by atoms with Gasteiger partial charge in [0.25, 0.3) is 0 Å². The van der Waals surface area contributed by atoms with Gasteiger partial charge in [-0.25, -0.2) is 4.39 Å². The van der Waals surface area contributed by atoms with Crippen molar-refractivity contribution < 1.29 is 18.7 Å². The maximum absolute atomic E-state index is 13.2. The Morgan fingerprint density at radius 2 is 1.97 bits per heavy atom. The van der Waals surface area contributed by atoms with E-state index in [0.717, 1.165) is 44.3 Å². The molecule has 8 heteroatoms. The van der Waals surface area contributed by atoms with Crippen molar-refractivity contribution in [1.29, 1.82) is 0 Å². The predicted molar refractivity (Wildman–Crippen MR) is 119 cm³/mol. The molecule has 0 radical (unpaired) electrons. The summed E-state index contributed by atoms with van der Waals surface area (Å²) in [5.74, 6) is -0.00993. The molecule has 3 saturated heterocycles. The van der Waals surface area contributed by atoms with E-state index in [1.165, 1.54) is 12.1 Å². The molecule has 0 aromatic heterocycles. The van der Waals surface area contributed by atoms with Gasteiger partial charge in [-0.2, -0.15) is 0 Å². The molecule has 3 fully saturated rings. The summed E-state index contributed by atoms with van der Waals surface area (Å²) in [6.45, 7) is 3.41. The van der Waals surface area contributed by atoms with Gasteiger partial charge in [0.2, 0.25) is 11.8 Å². The molecule has 1 aromatic rings. The molecule has 4 atom stereocenters. The van der Waals surface area contributed by atoms with Gasteiger partial charge in [0.1, 0.15) is 11.9 Å². The predicted octanol–water partition coefficient (Wildman–Crippen LogP) is 1.62. The lowest BCUT2D eigenvalue weighted by molar-refractivity contribution is -0.133. The van der Waals surface area contributed by atoms with Gasteiger partial charge in [0.05, 0.1) is 12.6 Å². The summed E-state index contributed by atoms with van der Waals surface area (Å²) < 4.78 is 18.5. The van der Waals surface area contributed by atoms with E-state index in [2.05, 4.69) is 22.2 Å². The van der Waals surface area contributed by atoms with Gasteiger partial charge >= 0.3 is 0 Å². The lowest BCUT2D eigenvalue weighted by atomic mass is 10.0. The molecule has 3 aliphatic rings. The van der Waals surface area contributed by atoms with E-state index in [9.17, 15) is 14.0 Å². The molecule has 3 aliphatic heterocycles. The smallest absolute Gasteiger partial charge is 0.239 e. The second-order valence-electron chi connectivity index (χ2n) is 9.34. The maximum Gasteiger partial charge on any atom is 0.239 e. The van der Waals surface area contributed by atoms with E-state index in [1.807, 2.05) is 4.90 Å². The Balaban J connectivity index is 1.36. The summed E-state index contributed by atoms with van der Waals surface area (Å²) in [5.41, 5.74) is 1.00. The van der Waals surface area contributed by atoms with Gasteiger partial charge in [-0.1, -0.05) is 12.1 Å². The fourth-order valence-electron chi connectivity index (χ4n) is 5.61. The van der Waals surface area contributed by atoms with E-state index >= 15 is 0 Å². The highest BCUT2D eigenvalue weighted by Crippen LogP contribution is 2.29. The number of hydrogen-bond acceptors (Lipinski definition) is 5. The largest absolute Gasteiger partial charge is 0.383 e. The molecule has 7 nitrogen and oxygen atoms in total. The molecule has 0 bridgehead atoms. The van der Waals surface area contributed by atoms with Crippen LogP contribution in [-0.4, -0.2) is 91.1 Å². The Bertz CT molecular complexity index is 805. The zero-order valence-corrected chi connectivity index (χ0v) is 19.1. The Morgan fingerprint density at radius 3 is 2.72 bits per heavy atom. The van der Waals surface area contributed by atoms with Crippen LogP contribution in [0.2, 0.25) is 0 Å².